The summed E-state index contributed by atoms with van der Waals surface area (Å²) in [6.07, 6.45) is 1.60. The monoisotopic (exact) mass is 236 g/mol. The van der Waals surface area contributed by atoms with E-state index in [1.165, 1.54) is 4.68 Å². The minimum absolute atomic E-state index is 0.0434. The first kappa shape index (κ1) is 6.73. The average Bonchev–Trinajstić information content (AvgIpc) is 1.83. The predicted molar refractivity (Wildman–Crippen MR) is 42.2 cm³/mol. The van der Waals surface area contributed by atoms with E-state index in [-0.39, 0.29) is 5.56 Å². The molecule has 0 saturated heterocycles. The first-order chi connectivity index (χ1) is 4.22. The Morgan fingerprint density at radius 1 is 1.78 bits per heavy atom. The van der Waals surface area contributed by atoms with Gasteiger partial charge < -0.3 is 0 Å². The molecule has 4 heteroatoms. The van der Waals surface area contributed by atoms with Gasteiger partial charge in [-0.05, 0) is 28.7 Å². The minimum atomic E-state index is -0.0434. The van der Waals surface area contributed by atoms with Crippen LogP contribution in [0.15, 0.2) is 17.1 Å². The van der Waals surface area contributed by atoms with Crippen molar-refractivity contribution in [3.05, 3.63) is 26.2 Å². The van der Waals surface area contributed by atoms with Crippen molar-refractivity contribution in [3.63, 3.8) is 0 Å². The molecule has 1 heterocycles. The quantitative estimate of drug-likeness (QED) is 0.610. The van der Waals surface area contributed by atoms with E-state index in [1.807, 2.05) is 22.6 Å². The Hall–Kier alpha value is -0.390. The van der Waals surface area contributed by atoms with Crippen LogP contribution in [0.1, 0.15) is 0 Å². The van der Waals surface area contributed by atoms with Crippen molar-refractivity contribution in [2.75, 3.05) is 0 Å². The van der Waals surface area contributed by atoms with Crippen molar-refractivity contribution < 1.29 is 0 Å². The molecule has 0 N–H and O–H groups in total. The van der Waals surface area contributed by atoms with E-state index in [4.69, 9.17) is 0 Å². The molecule has 0 atom stereocenters. The van der Waals surface area contributed by atoms with Gasteiger partial charge in [0.15, 0.2) is 0 Å². The van der Waals surface area contributed by atoms with Gasteiger partial charge in [-0.25, -0.2) is 4.68 Å². The summed E-state index contributed by atoms with van der Waals surface area (Å²) >= 11 is 1.98. The number of rotatable bonds is 0. The van der Waals surface area contributed by atoms with Crippen LogP contribution >= 0.6 is 22.6 Å². The number of nitrogens with zero attached hydrogens (tertiary/aromatic N) is 2. The summed E-state index contributed by atoms with van der Waals surface area (Å²) in [6, 6.07) is 1.68. The van der Waals surface area contributed by atoms with Gasteiger partial charge in [0.2, 0.25) is 0 Å². The molecule has 0 spiro atoms. The fraction of sp³-hybridized carbons (Fsp3) is 0.200. The zero-order valence-electron chi connectivity index (χ0n) is 4.84. The van der Waals surface area contributed by atoms with Crippen LogP contribution in [-0.4, -0.2) is 9.78 Å². The lowest BCUT2D eigenvalue weighted by atomic mass is 10.6. The first-order valence-corrected chi connectivity index (χ1v) is 3.47. The summed E-state index contributed by atoms with van der Waals surface area (Å²) in [5.41, 5.74) is -0.0434. The van der Waals surface area contributed by atoms with Crippen molar-refractivity contribution in [2.24, 2.45) is 7.05 Å². The van der Waals surface area contributed by atoms with Crippen LogP contribution in [0.5, 0.6) is 0 Å². The molecular formula is C5H5IN2O. The Morgan fingerprint density at radius 2 is 2.44 bits per heavy atom. The van der Waals surface area contributed by atoms with Crippen molar-refractivity contribution in [1.82, 2.24) is 9.78 Å². The SMILES string of the molecule is Cn1nccc(I)c1=O. The van der Waals surface area contributed by atoms with E-state index in [2.05, 4.69) is 5.10 Å². The highest BCUT2D eigenvalue weighted by molar-refractivity contribution is 14.1. The first-order valence-electron chi connectivity index (χ1n) is 2.39. The van der Waals surface area contributed by atoms with E-state index >= 15 is 0 Å². The number of hydrogen-bond donors (Lipinski definition) is 0. The van der Waals surface area contributed by atoms with Gasteiger partial charge >= 0.3 is 0 Å². The van der Waals surface area contributed by atoms with Gasteiger partial charge in [0.05, 0.1) is 3.57 Å². The second-order valence-corrected chi connectivity index (χ2v) is 2.77. The Labute approximate surface area is 65.8 Å². The lowest BCUT2D eigenvalue weighted by molar-refractivity contribution is 0.702. The molecule has 1 aromatic rings. The number of halogens is 1. The summed E-state index contributed by atoms with van der Waals surface area (Å²) in [5.74, 6) is 0. The minimum Gasteiger partial charge on any atom is -0.267 e. The van der Waals surface area contributed by atoms with Crippen LogP contribution in [-0.2, 0) is 7.05 Å². The van der Waals surface area contributed by atoms with Gasteiger partial charge in [-0.1, -0.05) is 0 Å². The van der Waals surface area contributed by atoms with Crippen LogP contribution in [0.2, 0.25) is 0 Å². The van der Waals surface area contributed by atoms with Crippen molar-refractivity contribution in [2.45, 2.75) is 0 Å². The Balaban J connectivity index is 3.43. The number of hydrogen-bond acceptors (Lipinski definition) is 2. The maximum atomic E-state index is 10.9. The van der Waals surface area contributed by atoms with Crippen LogP contribution in [0.4, 0.5) is 0 Å². The van der Waals surface area contributed by atoms with E-state index in [1.54, 1.807) is 19.3 Å². The lowest BCUT2D eigenvalue weighted by Gasteiger charge is -1.92. The molecule has 3 nitrogen and oxygen atoms in total. The molecule has 48 valence electrons. The second kappa shape index (κ2) is 2.47. The molecule has 0 radical (unpaired) electrons. The Kier molecular flexibility index (Phi) is 1.84. The number of aromatic nitrogens is 2. The summed E-state index contributed by atoms with van der Waals surface area (Å²) in [4.78, 5) is 10.9. The zero-order valence-corrected chi connectivity index (χ0v) is 6.99. The molecule has 0 aliphatic rings. The molecule has 1 aromatic heterocycles. The highest BCUT2D eigenvalue weighted by Crippen LogP contribution is 1.91. The molecule has 9 heavy (non-hydrogen) atoms. The van der Waals surface area contributed by atoms with Crippen molar-refractivity contribution in [1.29, 1.82) is 0 Å². The van der Waals surface area contributed by atoms with E-state index in [0.29, 0.717) is 3.57 Å². The molecule has 0 fully saturated rings. The van der Waals surface area contributed by atoms with Crippen LogP contribution in [0.3, 0.4) is 0 Å². The third kappa shape index (κ3) is 1.29. The highest BCUT2D eigenvalue weighted by atomic mass is 127. The topological polar surface area (TPSA) is 34.9 Å². The van der Waals surface area contributed by atoms with Gasteiger partial charge in [-0.15, -0.1) is 0 Å². The Bertz CT molecular complexity index is 245. The molecule has 1 rings (SSSR count). The largest absolute Gasteiger partial charge is 0.279 e. The van der Waals surface area contributed by atoms with Gasteiger partial charge in [0.1, 0.15) is 0 Å². The molecule has 0 aliphatic heterocycles. The van der Waals surface area contributed by atoms with Crippen LogP contribution in [0, 0.1) is 3.57 Å². The molecular weight excluding hydrogens is 231 g/mol. The molecule has 0 aliphatic carbocycles. The van der Waals surface area contributed by atoms with Crippen LogP contribution < -0.4 is 5.56 Å². The molecule has 0 unspecified atom stereocenters. The van der Waals surface area contributed by atoms with Crippen LogP contribution in [0.25, 0.3) is 0 Å². The summed E-state index contributed by atoms with van der Waals surface area (Å²) in [7, 11) is 1.63. The summed E-state index contributed by atoms with van der Waals surface area (Å²) in [6.45, 7) is 0. The molecule has 0 amide bonds. The fourth-order valence-electron chi connectivity index (χ4n) is 0.477. The fourth-order valence-corrected chi connectivity index (χ4v) is 0.987. The average molecular weight is 236 g/mol. The number of aryl methyl sites for hydroxylation is 1. The normalized spacial score (nSPS) is 9.56. The standard InChI is InChI=1S/C5H5IN2O/c1-8-5(9)4(6)2-3-7-8/h2-3H,1H3. The van der Waals surface area contributed by atoms with Gasteiger partial charge in [0.25, 0.3) is 5.56 Å². The van der Waals surface area contributed by atoms with E-state index in [9.17, 15) is 4.79 Å². The molecule has 0 saturated carbocycles. The van der Waals surface area contributed by atoms with E-state index in [0.717, 1.165) is 0 Å². The van der Waals surface area contributed by atoms with Crippen molar-refractivity contribution in [3.8, 4) is 0 Å². The molecule has 0 aromatic carbocycles. The predicted octanol–water partition coefficient (Wildman–Crippen LogP) is 0.385. The van der Waals surface area contributed by atoms with E-state index < -0.39 is 0 Å². The molecule has 0 bridgehead atoms. The summed E-state index contributed by atoms with van der Waals surface area (Å²) < 4.78 is 2.01. The zero-order chi connectivity index (χ0) is 6.85. The maximum Gasteiger partial charge on any atom is 0.279 e. The Morgan fingerprint density at radius 3 is 2.89 bits per heavy atom. The van der Waals surface area contributed by atoms with Gasteiger partial charge in [-0.3, -0.25) is 4.79 Å². The second-order valence-electron chi connectivity index (χ2n) is 1.61. The smallest absolute Gasteiger partial charge is 0.267 e. The maximum absolute atomic E-state index is 10.9. The summed E-state index contributed by atoms with van der Waals surface area (Å²) in [5, 5.41) is 3.74. The van der Waals surface area contributed by atoms with Gasteiger partial charge in [-0.2, -0.15) is 5.10 Å². The van der Waals surface area contributed by atoms with Crippen molar-refractivity contribution >= 4 is 22.6 Å². The van der Waals surface area contributed by atoms with Gasteiger partial charge in [0, 0.05) is 13.2 Å². The third-order valence-corrected chi connectivity index (χ3v) is 1.78. The third-order valence-electron chi connectivity index (χ3n) is 0.959. The highest BCUT2D eigenvalue weighted by Gasteiger charge is 1.93. The lowest BCUT2D eigenvalue weighted by Crippen LogP contribution is -2.20.